The lowest BCUT2D eigenvalue weighted by atomic mass is 10.0. The molecule has 0 aliphatic heterocycles. The van der Waals surface area contributed by atoms with Gasteiger partial charge in [-0.1, -0.05) is 17.7 Å². The summed E-state index contributed by atoms with van der Waals surface area (Å²) in [6.07, 6.45) is -1.33. The lowest BCUT2D eigenvalue weighted by Gasteiger charge is -2.14. The van der Waals surface area contributed by atoms with Crippen molar-refractivity contribution < 1.29 is 28.2 Å². The van der Waals surface area contributed by atoms with Crippen LogP contribution in [-0.4, -0.2) is 30.9 Å². The van der Waals surface area contributed by atoms with Crippen molar-refractivity contribution in [1.82, 2.24) is 0 Å². The Bertz CT molecular complexity index is 925. The Morgan fingerprint density at radius 1 is 1.07 bits per heavy atom. The molecule has 0 aliphatic carbocycles. The molecule has 2 rings (SSSR count). The van der Waals surface area contributed by atoms with Gasteiger partial charge in [0.05, 0.1) is 19.1 Å². The van der Waals surface area contributed by atoms with Gasteiger partial charge in [0.25, 0.3) is 5.91 Å². The van der Waals surface area contributed by atoms with Crippen LogP contribution in [0.15, 0.2) is 36.4 Å². The molecule has 0 aromatic heterocycles. The van der Waals surface area contributed by atoms with E-state index >= 15 is 0 Å². The molecule has 29 heavy (non-hydrogen) atoms. The van der Waals surface area contributed by atoms with E-state index in [9.17, 15) is 18.8 Å². The first kappa shape index (κ1) is 22.1. The number of ether oxygens (including phenoxy) is 2. The number of Topliss-reactive ketones (excluding diaryl/α,β-unsaturated/α-hetero) is 1. The fraction of sp³-hybridized carbons (Fsp3) is 0.318. The number of hydrogen-bond acceptors (Lipinski definition) is 5. The highest BCUT2D eigenvalue weighted by Crippen LogP contribution is 2.22. The molecule has 0 heterocycles. The van der Waals surface area contributed by atoms with Crippen LogP contribution in [0.2, 0.25) is 0 Å². The van der Waals surface area contributed by atoms with Crippen LogP contribution in [0.4, 0.5) is 10.1 Å². The fourth-order valence-corrected chi connectivity index (χ4v) is 2.61. The third-order valence-electron chi connectivity index (χ3n) is 4.33. The van der Waals surface area contributed by atoms with E-state index < -0.39 is 23.8 Å². The molecule has 0 radical (unpaired) electrons. The summed E-state index contributed by atoms with van der Waals surface area (Å²) in [5.74, 6) is -1.53. The van der Waals surface area contributed by atoms with Crippen LogP contribution in [0.3, 0.4) is 0 Å². The Kier molecular flexibility index (Phi) is 7.47. The summed E-state index contributed by atoms with van der Waals surface area (Å²) in [5.41, 5.74) is 2.02. The number of hydrogen-bond donors (Lipinski definition) is 1. The maximum Gasteiger partial charge on any atom is 0.307 e. The molecule has 0 saturated carbocycles. The van der Waals surface area contributed by atoms with Gasteiger partial charge in [0.15, 0.2) is 11.9 Å². The minimum Gasteiger partial charge on any atom is -0.496 e. The molecule has 0 saturated heterocycles. The number of anilines is 1. The first-order chi connectivity index (χ1) is 13.7. The number of esters is 1. The van der Waals surface area contributed by atoms with E-state index in [0.717, 1.165) is 5.56 Å². The van der Waals surface area contributed by atoms with Crippen LogP contribution in [0.5, 0.6) is 5.75 Å². The second-order valence-corrected chi connectivity index (χ2v) is 6.71. The van der Waals surface area contributed by atoms with Crippen LogP contribution in [-0.2, 0) is 14.3 Å². The molecule has 7 heteroatoms. The molecule has 0 unspecified atom stereocenters. The lowest BCUT2D eigenvalue weighted by Crippen LogP contribution is -2.30. The van der Waals surface area contributed by atoms with E-state index in [4.69, 9.17) is 9.47 Å². The molecule has 0 fully saturated rings. The van der Waals surface area contributed by atoms with Crippen LogP contribution in [0.25, 0.3) is 0 Å². The van der Waals surface area contributed by atoms with Crippen molar-refractivity contribution in [3.63, 3.8) is 0 Å². The van der Waals surface area contributed by atoms with E-state index in [2.05, 4.69) is 5.32 Å². The number of rotatable bonds is 8. The molecular weight excluding hydrogens is 377 g/mol. The van der Waals surface area contributed by atoms with Crippen molar-refractivity contribution in [2.75, 3.05) is 12.4 Å². The monoisotopic (exact) mass is 401 g/mol. The molecule has 0 bridgehead atoms. The standard InChI is InChI=1S/C22H24FNO5/c1-13-5-9-20(28-4)17(11-13)19(25)8-10-21(26)29-15(3)22(27)24-16-7-6-14(2)18(23)12-16/h5-7,9,11-12,15H,8,10H2,1-4H3,(H,24,27)/t15-/m0/s1. The molecule has 1 amide bonds. The minimum absolute atomic E-state index is 0.0733. The van der Waals surface area contributed by atoms with Crippen molar-refractivity contribution in [3.8, 4) is 5.75 Å². The molecule has 1 N–H and O–H groups in total. The minimum atomic E-state index is -1.09. The van der Waals surface area contributed by atoms with Gasteiger partial charge in [-0.3, -0.25) is 14.4 Å². The fourth-order valence-electron chi connectivity index (χ4n) is 2.61. The van der Waals surface area contributed by atoms with Crippen LogP contribution in [0.1, 0.15) is 41.3 Å². The van der Waals surface area contributed by atoms with Gasteiger partial charge in [0, 0.05) is 12.1 Å². The van der Waals surface area contributed by atoms with Crippen molar-refractivity contribution in [1.29, 1.82) is 0 Å². The summed E-state index contributed by atoms with van der Waals surface area (Å²) in [5, 5.41) is 2.49. The Morgan fingerprint density at radius 2 is 1.79 bits per heavy atom. The van der Waals surface area contributed by atoms with Crippen molar-refractivity contribution in [2.24, 2.45) is 0 Å². The van der Waals surface area contributed by atoms with Crippen molar-refractivity contribution >= 4 is 23.3 Å². The Labute approximate surface area is 169 Å². The van der Waals surface area contributed by atoms with Gasteiger partial charge in [-0.05, 0) is 50.6 Å². The molecule has 0 spiro atoms. The number of halogens is 1. The number of nitrogens with one attached hydrogen (secondary N) is 1. The van der Waals surface area contributed by atoms with Gasteiger partial charge in [-0.15, -0.1) is 0 Å². The second kappa shape index (κ2) is 9.82. The third-order valence-corrected chi connectivity index (χ3v) is 4.33. The first-order valence-electron chi connectivity index (χ1n) is 9.15. The van der Waals surface area contributed by atoms with Gasteiger partial charge in [0.1, 0.15) is 11.6 Å². The van der Waals surface area contributed by atoms with Crippen molar-refractivity contribution in [2.45, 2.75) is 39.7 Å². The molecule has 2 aromatic carbocycles. The van der Waals surface area contributed by atoms with E-state index in [1.165, 1.54) is 26.2 Å². The summed E-state index contributed by atoms with van der Waals surface area (Å²) in [7, 11) is 1.47. The molecule has 1 atom stereocenters. The molecule has 0 aliphatic rings. The summed E-state index contributed by atoms with van der Waals surface area (Å²) in [6.45, 7) is 4.87. The summed E-state index contributed by atoms with van der Waals surface area (Å²) < 4.78 is 23.8. The van der Waals surface area contributed by atoms with E-state index in [-0.39, 0.29) is 24.3 Å². The third kappa shape index (κ3) is 6.14. The lowest BCUT2D eigenvalue weighted by molar-refractivity contribution is -0.153. The maximum absolute atomic E-state index is 13.6. The number of carbonyl (C=O) groups excluding carboxylic acids is 3. The van der Waals surface area contributed by atoms with E-state index in [1.807, 2.05) is 13.0 Å². The van der Waals surface area contributed by atoms with Crippen LogP contribution >= 0.6 is 0 Å². The van der Waals surface area contributed by atoms with Gasteiger partial charge >= 0.3 is 5.97 Å². The summed E-state index contributed by atoms with van der Waals surface area (Å²) in [4.78, 5) is 36.5. The number of ketones is 1. The highest BCUT2D eigenvalue weighted by Gasteiger charge is 2.20. The zero-order valence-corrected chi connectivity index (χ0v) is 16.9. The molecule has 154 valence electrons. The summed E-state index contributed by atoms with van der Waals surface area (Å²) >= 11 is 0. The largest absolute Gasteiger partial charge is 0.496 e. The highest BCUT2D eigenvalue weighted by atomic mass is 19.1. The number of carbonyl (C=O) groups is 3. The second-order valence-electron chi connectivity index (χ2n) is 6.71. The normalized spacial score (nSPS) is 11.5. The number of methoxy groups -OCH3 is 1. The first-order valence-corrected chi connectivity index (χ1v) is 9.15. The predicted octanol–water partition coefficient (Wildman–Crippen LogP) is 3.98. The van der Waals surface area contributed by atoms with Crippen LogP contribution < -0.4 is 10.1 Å². The van der Waals surface area contributed by atoms with Gasteiger partial charge in [0.2, 0.25) is 0 Å². The Balaban J connectivity index is 1.88. The van der Waals surface area contributed by atoms with Gasteiger partial charge < -0.3 is 14.8 Å². The Hall–Kier alpha value is -3.22. The zero-order valence-electron chi connectivity index (χ0n) is 16.9. The molecule has 6 nitrogen and oxygen atoms in total. The quantitative estimate of drug-likeness (QED) is 0.534. The number of amides is 1. The predicted molar refractivity (Wildman–Crippen MR) is 107 cm³/mol. The zero-order chi connectivity index (χ0) is 21.6. The van der Waals surface area contributed by atoms with Crippen LogP contribution in [0, 0.1) is 19.7 Å². The number of aryl methyl sites for hydroxylation is 2. The highest BCUT2D eigenvalue weighted by molar-refractivity contribution is 6.00. The topological polar surface area (TPSA) is 81.7 Å². The SMILES string of the molecule is COc1ccc(C)cc1C(=O)CCC(=O)O[C@@H](C)C(=O)Nc1ccc(C)c(F)c1. The van der Waals surface area contributed by atoms with E-state index in [0.29, 0.717) is 16.9 Å². The smallest absolute Gasteiger partial charge is 0.307 e. The number of benzene rings is 2. The molecule has 2 aromatic rings. The average Bonchev–Trinajstić information content (AvgIpc) is 2.68. The van der Waals surface area contributed by atoms with Gasteiger partial charge in [-0.2, -0.15) is 0 Å². The summed E-state index contributed by atoms with van der Waals surface area (Å²) in [6, 6.07) is 9.50. The van der Waals surface area contributed by atoms with Gasteiger partial charge in [-0.25, -0.2) is 4.39 Å². The Morgan fingerprint density at radius 3 is 2.45 bits per heavy atom. The molecular formula is C22H24FNO5. The average molecular weight is 401 g/mol. The van der Waals surface area contributed by atoms with Crippen molar-refractivity contribution in [3.05, 3.63) is 58.9 Å². The van der Waals surface area contributed by atoms with E-state index in [1.54, 1.807) is 25.1 Å². The maximum atomic E-state index is 13.6.